The van der Waals surface area contributed by atoms with Crippen LogP contribution < -0.4 is 5.32 Å². The summed E-state index contributed by atoms with van der Waals surface area (Å²) in [6, 6.07) is 11.8. The lowest BCUT2D eigenvalue weighted by Crippen LogP contribution is -2.35. The van der Waals surface area contributed by atoms with Gasteiger partial charge in [-0.1, -0.05) is 35.9 Å². The predicted octanol–water partition coefficient (Wildman–Crippen LogP) is 3.13. The van der Waals surface area contributed by atoms with E-state index in [1.54, 1.807) is 0 Å². The van der Waals surface area contributed by atoms with E-state index < -0.39 is 4.92 Å². The molecule has 0 radical (unpaired) electrons. The van der Waals surface area contributed by atoms with Gasteiger partial charge in [0.15, 0.2) is 0 Å². The number of nitrogens with one attached hydrogen (secondary N) is 1. The minimum absolute atomic E-state index is 0.0645. The first-order chi connectivity index (χ1) is 13.4. The van der Waals surface area contributed by atoms with Gasteiger partial charge in [0.2, 0.25) is 0 Å². The third-order valence-electron chi connectivity index (χ3n) is 4.92. The van der Waals surface area contributed by atoms with Gasteiger partial charge in [-0.15, -0.1) is 0 Å². The second-order valence-electron chi connectivity index (χ2n) is 6.88. The molecule has 0 unspecified atom stereocenters. The van der Waals surface area contributed by atoms with Crippen LogP contribution in [0.3, 0.4) is 0 Å². The van der Waals surface area contributed by atoms with Gasteiger partial charge in [0.05, 0.1) is 11.0 Å². The van der Waals surface area contributed by atoms with Gasteiger partial charge in [-0.05, 0) is 36.1 Å². The molecule has 0 spiro atoms. The number of aliphatic hydroxyl groups is 1. The zero-order valence-electron chi connectivity index (χ0n) is 15.3. The highest BCUT2D eigenvalue weighted by molar-refractivity contribution is 6.33. The van der Waals surface area contributed by atoms with Crippen LogP contribution in [-0.2, 0) is 13.1 Å². The van der Waals surface area contributed by atoms with Crippen LogP contribution in [0.25, 0.3) is 0 Å². The first-order valence-corrected chi connectivity index (χ1v) is 9.51. The maximum absolute atomic E-state index is 12.4. The largest absolute Gasteiger partial charge is 0.393 e. The Hall–Kier alpha value is -2.48. The molecule has 1 heterocycles. The fourth-order valence-electron chi connectivity index (χ4n) is 3.28. The molecule has 1 amide bonds. The maximum Gasteiger partial charge on any atom is 0.287 e. The van der Waals surface area contributed by atoms with E-state index in [0.29, 0.717) is 6.54 Å². The number of nitrogens with zero attached hydrogens (tertiary/aromatic N) is 2. The Labute approximate surface area is 168 Å². The molecule has 0 bridgehead atoms. The Bertz CT molecular complexity index is 866. The molecule has 1 aliphatic rings. The van der Waals surface area contributed by atoms with Crippen LogP contribution in [0.1, 0.15) is 34.3 Å². The van der Waals surface area contributed by atoms with Gasteiger partial charge in [0, 0.05) is 37.8 Å². The number of amides is 1. The van der Waals surface area contributed by atoms with Gasteiger partial charge in [-0.2, -0.15) is 0 Å². The van der Waals surface area contributed by atoms with Crippen LogP contribution in [0.5, 0.6) is 0 Å². The zero-order chi connectivity index (χ0) is 20.1. The third-order valence-corrected chi connectivity index (χ3v) is 5.22. The van der Waals surface area contributed by atoms with Crippen molar-refractivity contribution < 1.29 is 14.8 Å². The van der Waals surface area contributed by atoms with Crippen molar-refractivity contribution in [3.8, 4) is 0 Å². The molecule has 0 aliphatic carbocycles. The Morgan fingerprint density at radius 1 is 1.21 bits per heavy atom. The van der Waals surface area contributed by atoms with Crippen LogP contribution >= 0.6 is 11.6 Å². The van der Waals surface area contributed by atoms with Crippen molar-refractivity contribution in [1.82, 2.24) is 10.2 Å². The maximum atomic E-state index is 12.4. The monoisotopic (exact) mass is 403 g/mol. The number of hydrogen-bond acceptors (Lipinski definition) is 5. The van der Waals surface area contributed by atoms with Crippen molar-refractivity contribution in [3.05, 3.63) is 74.3 Å². The molecule has 2 aromatic carbocycles. The number of nitro groups is 1. The number of halogens is 1. The smallest absolute Gasteiger partial charge is 0.287 e. The summed E-state index contributed by atoms with van der Waals surface area (Å²) in [5.74, 6) is -0.340. The van der Waals surface area contributed by atoms with Gasteiger partial charge >= 0.3 is 0 Å². The highest BCUT2D eigenvalue weighted by Crippen LogP contribution is 2.25. The second kappa shape index (κ2) is 9.14. The number of benzene rings is 2. The highest BCUT2D eigenvalue weighted by Gasteiger charge is 2.18. The van der Waals surface area contributed by atoms with Crippen molar-refractivity contribution in [2.24, 2.45) is 0 Å². The Morgan fingerprint density at radius 2 is 1.89 bits per heavy atom. The minimum Gasteiger partial charge on any atom is -0.393 e. The molecule has 3 rings (SSSR count). The van der Waals surface area contributed by atoms with Gasteiger partial charge in [-0.3, -0.25) is 19.8 Å². The van der Waals surface area contributed by atoms with E-state index in [1.165, 1.54) is 18.2 Å². The highest BCUT2D eigenvalue weighted by atomic mass is 35.5. The summed E-state index contributed by atoms with van der Waals surface area (Å²) in [5.41, 5.74) is 2.18. The molecule has 28 heavy (non-hydrogen) atoms. The average Bonchev–Trinajstić information content (AvgIpc) is 2.68. The molecule has 1 saturated heterocycles. The van der Waals surface area contributed by atoms with E-state index in [4.69, 9.17) is 11.6 Å². The molecule has 1 fully saturated rings. The first kappa shape index (κ1) is 20.3. The Balaban J connectivity index is 1.63. The molecule has 8 heteroatoms. The van der Waals surface area contributed by atoms with Crippen LogP contribution in [-0.4, -0.2) is 40.0 Å². The van der Waals surface area contributed by atoms with Crippen LogP contribution in [0.2, 0.25) is 5.02 Å². The van der Waals surface area contributed by atoms with Crippen LogP contribution in [0, 0.1) is 10.1 Å². The number of carbonyl (C=O) groups excluding carboxylic acids is 1. The van der Waals surface area contributed by atoms with Crippen molar-refractivity contribution in [1.29, 1.82) is 0 Å². The summed E-state index contributed by atoms with van der Waals surface area (Å²) in [5, 5.41) is 23.3. The lowest BCUT2D eigenvalue weighted by Gasteiger charge is -2.30. The van der Waals surface area contributed by atoms with E-state index in [0.717, 1.165) is 43.6 Å². The van der Waals surface area contributed by atoms with Gasteiger partial charge in [0.25, 0.3) is 11.6 Å². The standard InChI is InChI=1S/C20H22ClN3O4/c21-18-11-14(5-6-19(18)24(27)28)20(26)22-12-15-3-1-2-4-16(15)13-23-9-7-17(25)8-10-23/h1-6,11,17,25H,7-10,12-13H2,(H,22,26). The fraction of sp³-hybridized carbons (Fsp3) is 0.350. The third kappa shape index (κ3) is 5.07. The molecule has 7 nitrogen and oxygen atoms in total. The molecule has 2 aromatic rings. The molecule has 148 valence electrons. The molecule has 2 N–H and O–H groups in total. The van der Waals surface area contributed by atoms with Crippen molar-refractivity contribution in [2.75, 3.05) is 13.1 Å². The van der Waals surface area contributed by atoms with Crippen LogP contribution in [0.15, 0.2) is 42.5 Å². The molecule has 0 atom stereocenters. The van der Waals surface area contributed by atoms with Gasteiger partial charge < -0.3 is 10.4 Å². The first-order valence-electron chi connectivity index (χ1n) is 9.13. The summed E-state index contributed by atoms with van der Waals surface area (Å²) in [4.78, 5) is 25.0. The minimum atomic E-state index is -0.583. The summed E-state index contributed by atoms with van der Waals surface area (Å²) >= 11 is 5.88. The lowest BCUT2D eigenvalue weighted by molar-refractivity contribution is -0.384. The van der Waals surface area contributed by atoms with E-state index in [1.807, 2.05) is 24.3 Å². The number of aliphatic hydroxyl groups excluding tert-OH is 1. The number of piperidine rings is 1. The summed E-state index contributed by atoms with van der Waals surface area (Å²) in [6.45, 7) is 2.81. The summed E-state index contributed by atoms with van der Waals surface area (Å²) in [6.07, 6.45) is 1.35. The van der Waals surface area contributed by atoms with Crippen molar-refractivity contribution in [3.63, 3.8) is 0 Å². The van der Waals surface area contributed by atoms with E-state index in [2.05, 4.69) is 10.2 Å². The normalized spacial score (nSPS) is 15.4. The van der Waals surface area contributed by atoms with Crippen molar-refractivity contribution in [2.45, 2.75) is 32.0 Å². The van der Waals surface area contributed by atoms with Crippen LogP contribution in [0.4, 0.5) is 5.69 Å². The van der Waals surface area contributed by atoms with Crippen molar-refractivity contribution >= 4 is 23.2 Å². The van der Waals surface area contributed by atoms with E-state index >= 15 is 0 Å². The fourth-order valence-corrected chi connectivity index (χ4v) is 3.53. The SMILES string of the molecule is O=C(NCc1ccccc1CN1CCC(O)CC1)c1ccc([N+](=O)[O-])c(Cl)c1. The second-order valence-corrected chi connectivity index (χ2v) is 7.29. The average molecular weight is 404 g/mol. The number of rotatable bonds is 6. The molecule has 1 aliphatic heterocycles. The van der Waals surface area contributed by atoms with Gasteiger partial charge in [-0.25, -0.2) is 0 Å². The molecular formula is C20H22ClN3O4. The predicted molar refractivity (Wildman–Crippen MR) is 106 cm³/mol. The molecular weight excluding hydrogens is 382 g/mol. The lowest BCUT2D eigenvalue weighted by atomic mass is 10.0. The van der Waals surface area contributed by atoms with E-state index in [9.17, 15) is 20.0 Å². The number of carbonyl (C=O) groups is 1. The van der Waals surface area contributed by atoms with Gasteiger partial charge in [0.1, 0.15) is 5.02 Å². The molecule has 0 aromatic heterocycles. The molecule has 0 saturated carbocycles. The quantitative estimate of drug-likeness (QED) is 0.570. The summed E-state index contributed by atoms with van der Waals surface area (Å²) < 4.78 is 0. The zero-order valence-corrected chi connectivity index (χ0v) is 16.1. The van der Waals surface area contributed by atoms with E-state index in [-0.39, 0.29) is 28.3 Å². The Morgan fingerprint density at radius 3 is 2.54 bits per heavy atom. The number of hydrogen-bond donors (Lipinski definition) is 2. The summed E-state index contributed by atoms with van der Waals surface area (Å²) in [7, 11) is 0. The topological polar surface area (TPSA) is 95.7 Å². The number of likely N-dealkylation sites (tertiary alicyclic amines) is 1. The Kier molecular flexibility index (Phi) is 6.61. The number of nitro benzene ring substituents is 1.